The van der Waals surface area contributed by atoms with Gasteiger partial charge in [-0.3, -0.25) is 9.80 Å². The lowest BCUT2D eigenvalue weighted by molar-refractivity contribution is 0.246. The minimum Gasteiger partial charge on any atom is -0.369 e. The summed E-state index contributed by atoms with van der Waals surface area (Å²) in [5, 5.41) is 6.59. The Bertz CT molecular complexity index is 568. The van der Waals surface area contributed by atoms with E-state index in [1.54, 1.807) is 23.1 Å². The molecule has 0 aromatic heterocycles. The molecule has 0 aliphatic carbocycles. The summed E-state index contributed by atoms with van der Waals surface area (Å²) in [5.74, 6) is 0.0397. The molecule has 1 aromatic rings. The van der Waals surface area contributed by atoms with Gasteiger partial charge in [0.05, 0.1) is 22.4 Å². The average molecular weight is 359 g/mol. The maximum Gasteiger partial charge on any atom is 0.343 e. The molecule has 0 spiro atoms. The highest BCUT2D eigenvalue weighted by Gasteiger charge is 2.22. The number of nitrogens with one attached hydrogen (secondary N) is 2. The van der Waals surface area contributed by atoms with E-state index < -0.39 is 6.03 Å². The normalized spacial score (nSPS) is 16.2. The second kappa shape index (κ2) is 8.35. The van der Waals surface area contributed by atoms with Crippen molar-refractivity contribution < 1.29 is 4.79 Å². The molecule has 1 aromatic carbocycles. The van der Waals surface area contributed by atoms with Crippen molar-refractivity contribution >= 4 is 40.9 Å². The fourth-order valence-corrected chi connectivity index (χ4v) is 2.88. The van der Waals surface area contributed by atoms with Crippen LogP contribution in [0.3, 0.4) is 0 Å². The number of halogens is 2. The molecule has 4 N–H and O–H groups in total. The maximum absolute atomic E-state index is 11.5. The summed E-state index contributed by atoms with van der Waals surface area (Å²) >= 11 is 12.6. The van der Waals surface area contributed by atoms with Gasteiger partial charge in [0, 0.05) is 33.2 Å². The number of hydrogen-bond acceptors (Lipinski definition) is 3. The van der Waals surface area contributed by atoms with Gasteiger partial charge in [-0.1, -0.05) is 29.3 Å². The number of nitrogens with two attached hydrogens (primary N) is 1. The molecule has 0 saturated carbocycles. The van der Waals surface area contributed by atoms with Gasteiger partial charge >= 0.3 is 6.03 Å². The minimum atomic E-state index is -0.531. The minimum absolute atomic E-state index is 0.0397. The summed E-state index contributed by atoms with van der Waals surface area (Å²) in [6.45, 7) is 3.92. The van der Waals surface area contributed by atoms with Gasteiger partial charge in [-0.2, -0.15) is 4.99 Å². The van der Waals surface area contributed by atoms with Gasteiger partial charge in [0.15, 0.2) is 0 Å². The number of carbonyl (C=O) groups excluding carboxylic acids is 1. The highest BCUT2D eigenvalue weighted by molar-refractivity contribution is 6.40. The van der Waals surface area contributed by atoms with Crippen LogP contribution in [0.25, 0.3) is 0 Å². The molecular formula is C14H20Cl2N6O. The second-order valence-corrected chi connectivity index (χ2v) is 5.85. The van der Waals surface area contributed by atoms with E-state index in [0.717, 1.165) is 26.2 Å². The molecule has 9 heteroatoms. The summed E-state index contributed by atoms with van der Waals surface area (Å²) in [6, 6.07) is 4.67. The van der Waals surface area contributed by atoms with Crippen molar-refractivity contribution in [1.29, 1.82) is 0 Å². The van der Waals surface area contributed by atoms with Crippen LogP contribution in [0.1, 0.15) is 0 Å². The number of urea groups is 1. The molecule has 0 radical (unpaired) electrons. The first-order chi connectivity index (χ1) is 11.0. The summed E-state index contributed by atoms with van der Waals surface area (Å²) in [4.78, 5) is 19.2. The van der Waals surface area contributed by atoms with Gasteiger partial charge < -0.3 is 16.4 Å². The largest absolute Gasteiger partial charge is 0.369 e. The van der Waals surface area contributed by atoms with Gasteiger partial charge in [0.25, 0.3) is 0 Å². The lowest BCUT2D eigenvalue weighted by Crippen LogP contribution is -2.51. The van der Waals surface area contributed by atoms with Crippen LogP contribution in [0.4, 0.5) is 10.5 Å². The zero-order chi connectivity index (χ0) is 16.8. The Labute approximate surface area is 145 Å². The predicted octanol–water partition coefficient (Wildman–Crippen LogP) is 1.32. The van der Waals surface area contributed by atoms with E-state index >= 15 is 0 Å². The highest BCUT2D eigenvalue weighted by Crippen LogP contribution is 2.33. The molecule has 2 amide bonds. The quantitative estimate of drug-likeness (QED) is 0.560. The van der Waals surface area contributed by atoms with Crippen LogP contribution < -0.4 is 21.3 Å². The number of para-hydroxylation sites is 1. The van der Waals surface area contributed by atoms with E-state index in [0.29, 0.717) is 22.4 Å². The predicted molar refractivity (Wildman–Crippen MR) is 94.3 cm³/mol. The number of piperazine rings is 1. The van der Waals surface area contributed by atoms with Crippen molar-refractivity contribution in [2.45, 2.75) is 0 Å². The van der Waals surface area contributed by atoms with Gasteiger partial charge in [-0.25, -0.2) is 4.79 Å². The molecular weight excluding hydrogens is 339 g/mol. The SMILES string of the molecule is CNC(=O)N=C(N)N(CN1CCNCC1)c1c(Cl)cccc1Cl. The zero-order valence-corrected chi connectivity index (χ0v) is 14.4. The number of nitrogens with zero attached hydrogens (tertiary/aromatic N) is 3. The van der Waals surface area contributed by atoms with E-state index in [-0.39, 0.29) is 5.96 Å². The summed E-state index contributed by atoms with van der Waals surface area (Å²) in [7, 11) is 1.49. The third-order valence-electron chi connectivity index (χ3n) is 3.47. The summed E-state index contributed by atoms with van der Waals surface area (Å²) < 4.78 is 0. The summed E-state index contributed by atoms with van der Waals surface area (Å²) in [6.07, 6.45) is 0. The number of amides is 2. The van der Waals surface area contributed by atoms with Crippen molar-refractivity contribution in [1.82, 2.24) is 15.5 Å². The number of carbonyl (C=O) groups is 1. The topological polar surface area (TPSA) is 86.0 Å². The van der Waals surface area contributed by atoms with Crippen LogP contribution >= 0.6 is 23.2 Å². The Morgan fingerprint density at radius 1 is 1.39 bits per heavy atom. The highest BCUT2D eigenvalue weighted by atomic mass is 35.5. The second-order valence-electron chi connectivity index (χ2n) is 5.03. The lowest BCUT2D eigenvalue weighted by atomic mass is 10.3. The maximum atomic E-state index is 11.5. The number of guanidine groups is 1. The summed E-state index contributed by atoms with van der Waals surface area (Å²) in [5.41, 5.74) is 6.58. The molecule has 1 aliphatic rings. The Morgan fingerprint density at radius 3 is 2.57 bits per heavy atom. The Balaban J connectivity index is 2.34. The number of anilines is 1. The van der Waals surface area contributed by atoms with E-state index in [4.69, 9.17) is 28.9 Å². The Morgan fingerprint density at radius 2 is 2.00 bits per heavy atom. The number of aliphatic imine (C=N–C) groups is 1. The molecule has 1 aliphatic heterocycles. The zero-order valence-electron chi connectivity index (χ0n) is 12.9. The molecule has 1 saturated heterocycles. The van der Waals surface area contributed by atoms with Gasteiger partial charge in [0.2, 0.25) is 5.96 Å². The molecule has 1 fully saturated rings. The molecule has 0 bridgehead atoms. The van der Waals surface area contributed by atoms with Gasteiger partial charge in [-0.05, 0) is 12.1 Å². The van der Waals surface area contributed by atoms with Crippen molar-refractivity contribution in [3.63, 3.8) is 0 Å². The van der Waals surface area contributed by atoms with Crippen molar-refractivity contribution in [3.8, 4) is 0 Å². The molecule has 23 heavy (non-hydrogen) atoms. The monoisotopic (exact) mass is 358 g/mol. The van der Waals surface area contributed by atoms with Crippen LogP contribution in [-0.2, 0) is 0 Å². The molecule has 2 rings (SSSR count). The lowest BCUT2D eigenvalue weighted by Gasteiger charge is -2.34. The fraction of sp³-hybridized carbons (Fsp3) is 0.429. The first kappa shape index (κ1) is 17.8. The van der Waals surface area contributed by atoms with Crippen molar-refractivity contribution in [2.75, 3.05) is 44.8 Å². The van der Waals surface area contributed by atoms with Crippen LogP contribution in [0.5, 0.6) is 0 Å². The molecule has 0 unspecified atom stereocenters. The van der Waals surface area contributed by atoms with Crippen LogP contribution in [-0.4, -0.2) is 56.8 Å². The standard InChI is InChI=1S/C14H20Cl2N6O/c1-18-14(23)20-13(17)22(9-21-7-5-19-6-8-21)12-10(15)3-2-4-11(12)16/h2-4,19H,5-9H2,1H3,(H3,17,18,20,23). The Hall–Kier alpha value is -1.54. The van der Waals surface area contributed by atoms with Crippen LogP contribution in [0, 0.1) is 0 Å². The Kier molecular flexibility index (Phi) is 6.47. The molecule has 7 nitrogen and oxygen atoms in total. The smallest absolute Gasteiger partial charge is 0.343 e. The fourth-order valence-electron chi connectivity index (χ4n) is 2.28. The van der Waals surface area contributed by atoms with Crippen LogP contribution in [0.2, 0.25) is 10.0 Å². The first-order valence-electron chi connectivity index (χ1n) is 7.23. The third kappa shape index (κ3) is 4.71. The van der Waals surface area contributed by atoms with E-state index in [2.05, 4.69) is 20.5 Å². The molecule has 1 heterocycles. The average Bonchev–Trinajstić information content (AvgIpc) is 2.54. The third-order valence-corrected chi connectivity index (χ3v) is 4.08. The molecule has 0 atom stereocenters. The number of benzene rings is 1. The van der Waals surface area contributed by atoms with E-state index in [9.17, 15) is 4.79 Å². The van der Waals surface area contributed by atoms with Gasteiger partial charge in [-0.15, -0.1) is 0 Å². The van der Waals surface area contributed by atoms with Crippen LogP contribution in [0.15, 0.2) is 23.2 Å². The number of rotatable bonds is 3. The van der Waals surface area contributed by atoms with E-state index in [1.165, 1.54) is 7.05 Å². The number of hydrogen-bond donors (Lipinski definition) is 3. The van der Waals surface area contributed by atoms with Gasteiger partial charge in [0.1, 0.15) is 0 Å². The van der Waals surface area contributed by atoms with Crippen molar-refractivity contribution in [3.05, 3.63) is 28.2 Å². The van der Waals surface area contributed by atoms with Crippen molar-refractivity contribution in [2.24, 2.45) is 10.7 Å². The first-order valence-corrected chi connectivity index (χ1v) is 7.99. The molecule has 126 valence electrons. The van der Waals surface area contributed by atoms with E-state index in [1.807, 2.05) is 0 Å².